The fourth-order valence-corrected chi connectivity index (χ4v) is 15.1. The minimum absolute atomic E-state index is 0.129. The molecule has 0 aliphatic heterocycles. The number of imidazole rings is 3. The maximum absolute atomic E-state index is 5.42. The summed E-state index contributed by atoms with van der Waals surface area (Å²) in [5.41, 5.74) is 26.9. The largest absolute Gasteiger partial charge is 0.334 e. The molecule has 9 heteroatoms. The normalized spacial score (nSPS) is 15.7. The van der Waals surface area contributed by atoms with Crippen LogP contribution in [-0.4, -0.2) is 43.6 Å². The summed E-state index contributed by atoms with van der Waals surface area (Å²) in [6.45, 7) is 41.1. The van der Waals surface area contributed by atoms with Gasteiger partial charge in [0.25, 0.3) is 0 Å². The van der Waals surface area contributed by atoms with Gasteiger partial charge in [0.2, 0.25) is 0 Å². The van der Waals surface area contributed by atoms with Gasteiger partial charge >= 0.3 is 0 Å². The molecule has 6 aromatic heterocycles. The van der Waals surface area contributed by atoms with Gasteiger partial charge in [-0.05, 0) is 175 Å². The molecule has 0 atom stereocenters. The summed E-state index contributed by atoms with van der Waals surface area (Å²) in [5, 5.41) is 0. The lowest BCUT2D eigenvalue weighted by molar-refractivity contribution is 0.353. The van der Waals surface area contributed by atoms with Crippen molar-refractivity contribution in [1.29, 1.82) is 0 Å². The zero-order valence-corrected chi connectivity index (χ0v) is 64.4. The number of pyridine rings is 3. The topological polar surface area (TPSA) is 92.1 Å². The van der Waals surface area contributed by atoms with Crippen LogP contribution in [0, 0.1) is 0 Å². The molecule has 0 spiro atoms. The molecule has 0 N–H and O–H groups in total. The van der Waals surface area contributed by atoms with E-state index in [2.05, 4.69) is 323 Å². The van der Waals surface area contributed by atoms with Crippen molar-refractivity contribution in [2.24, 2.45) is 21.1 Å². The van der Waals surface area contributed by atoms with Crippen LogP contribution in [0.4, 0.5) is 0 Å². The molecular formula is C93H105N9. The first-order chi connectivity index (χ1) is 48.1. The Morgan fingerprint density at radius 1 is 0.255 bits per heavy atom. The molecule has 0 unspecified atom stereocenters. The Labute approximate surface area is 608 Å². The van der Waals surface area contributed by atoms with Crippen molar-refractivity contribution in [3.05, 3.63) is 252 Å². The molecule has 1 aliphatic carbocycles. The van der Waals surface area contributed by atoms with Crippen LogP contribution in [0.1, 0.15) is 212 Å². The average molecular weight is 1350 g/mol. The van der Waals surface area contributed by atoms with Crippen LogP contribution in [0.2, 0.25) is 0 Å². The molecule has 9 nitrogen and oxygen atoms in total. The van der Waals surface area contributed by atoms with Crippen LogP contribution >= 0.6 is 0 Å². The van der Waals surface area contributed by atoms with Crippen LogP contribution in [0.15, 0.2) is 201 Å². The lowest BCUT2D eigenvalue weighted by Gasteiger charge is -2.38. The number of benzene rings is 6. The van der Waals surface area contributed by atoms with Crippen molar-refractivity contribution in [1.82, 2.24) is 43.6 Å². The van der Waals surface area contributed by atoms with Gasteiger partial charge in [-0.3, -0.25) is 15.0 Å². The molecule has 12 aromatic rings. The van der Waals surface area contributed by atoms with Gasteiger partial charge in [0.1, 0.15) is 17.5 Å². The van der Waals surface area contributed by atoms with Crippen molar-refractivity contribution in [3.8, 4) is 101 Å². The van der Waals surface area contributed by atoms with E-state index in [-0.39, 0.29) is 50.2 Å². The molecule has 0 radical (unpaired) electrons. The Morgan fingerprint density at radius 3 is 0.686 bits per heavy atom. The maximum atomic E-state index is 5.42. The molecule has 6 aromatic carbocycles. The second kappa shape index (κ2) is 26.7. The van der Waals surface area contributed by atoms with Gasteiger partial charge in [-0.1, -0.05) is 234 Å². The maximum Gasteiger partial charge on any atom is 0.139 e. The van der Waals surface area contributed by atoms with Crippen molar-refractivity contribution in [3.63, 3.8) is 0 Å². The number of nitrogens with zero attached hydrogens (tertiary/aromatic N) is 9. The fraction of sp³-hybridized carbons (Fsp3) is 0.355. The van der Waals surface area contributed by atoms with E-state index in [4.69, 9.17) is 29.9 Å². The Balaban J connectivity index is 1.05. The molecule has 0 bridgehead atoms. The van der Waals surface area contributed by atoms with E-state index in [1.165, 1.54) is 66.8 Å². The van der Waals surface area contributed by atoms with Crippen molar-refractivity contribution in [2.45, 2.75) is 194 Å². The monoisotopic (exact) mass is 1350 g/mol. The van der Waals surface area contributed by atoms with E-state index in [1.54, 1.807) is 0 Å². The van der Waals surface area contributed by atoms with Gasteiger partial charge in [-0.15, -0.1) is 0 Å². The number of hydrogen-bond acceptors (Lipinski definition) is 6. The third-order valence-corrected chi connectivity index (χ3v) is 21.1. The predicted octanol–water partition coefficient (Wildman–Crippen LogP) is 23.7. The third-order valence-electron chi connectivity index (χ3n) is 21.1. The standard InChI is InChI=1S/C93H105N9/c1-88(2,3)79-52-64(53-80(97-79)89(4,5)6)76-49-58(85-94-40-43-100(85)19)34-37-73(76)70-31-25-22-28-67(70)61-46-62(68-29-23-26-32-71(68)74-38-35-59(86-95-41-44-101(86)20)50-77(74)65-54-81(90(7,8)9)98-82(55-65)91(10,11)12)48-63(47-61)69-30-24-27-33-72(69)75-39-36-60(87-96-42-45-102(87)21)51-78(75)66-56-83(92(13,14)15)99-84(57-66)93(16,17)18/h22-45,49-57,61-63H,46-48H2,1-21H3. The molecule has 1 aliphatic rings. The fourth-order valence-electron chi connectivity index (χ4n) is 15.1. The molecule has 522 valence electrons. The molecule has 1 saturated carbocycles. The van der Waals surface area contributed by atoms with Gasteiger partial charge < -0.3 is 13.7 Å². The lowest BCUT2D eigenvalue weighted by atomic mass is 9.66. The second-order valence-corrected chi connectivity index (χ2v) is 35.3. The summed E-state index contributed by atoms with van der Waals surface area (Å²) in [6.07, 6.45) is 14.6. The summed E-state index contributed by atoms with van der Waals surface area (Å²) >= 11 is 0. The zero-order valence-electron chi connectivity index (χ0n) is 64.4. The van der Waals surface area contributed by atoms with Crippen molar-refractivity contribution in [2.75, 3.05) is 0 Å². The minimum Gasteiger partial charge on any atom is -0.334 e. The van der Waals surface area contributed by atoms with Crippen LogP contribution in [0.25, 0.3) is 101 Å². The van der Waals surface area contributed by atoms with Gasteiger partial charge in [0.05, 0.1) is 0 Å². The smallest absolute Gasteiger partial charge is 0.139 e. The second-order valence-electron chi connectivity index (χ2n) is 35.3. The minimum atomic E-state index is -0.195. The van der Waals surface area contributed by atoms with E-state index >= 15 is 0 Å². The molecule has 102 heavy (non-hydrogen) atoms. The Bertz CT molecular complexity index is 4490. The Hall–Kier alpha value is -9.60. The molecule has 0 saturated heterocycles. The summed E-state index contributed by atoms with van der Waals surface area (Å²) in [5.74, 6) is 3.17. The Morgan fingerprint density at radius 2 is 0.480 bits per heavy atom. The molecule has 13 rings (SSSR count). The van der Waals surface area contributed by atoms with Crippen LogP contribution in [0.5, 0.6) is 0 Å². The third kappa shape index (κ3) is 14.3. The van der Waals surface area contributed by atoms with E-state index in [0.717, 1.165) is 104 Å². The highest BCUT2D eigenvalue weighted by molar-refractivity contribution is 5.91. The van der Waals surface area contributed by atoms with Crippen LogP contribution in [-0.2, 0) is 53.6 Å². The molecular weight excluding hydrogens is 1240 g/mol. The molecule has 6 heterocycles. The summed E-state index contributed by atoms with van der Waals surface area (Å²) < 4.78 is 6.38. The first-order valence-corrected chi connectivity index (χ1v) is 36.8. The first-order valence-electron chi connectivity index (χ1n) is 36.8. The van der Waals surface area contributed by atoms with E-state index in [0.29, 0.717) is 0 Å². The average Bonchev–Trinajstić information content (AvgIpc) is 0.852. The summed E-state index contributed by atoms with van der Waals surface area (Å²) in [4.78, 5) is 31.1. The highest BCUT2D eigenvalue weighted by Gasteiger charge is 2.37. The van der Waals surface area contributed by atoms with Gasteiger partial charge in [-0.2, -0.15) is 0 Å². The molecule has 1 fully saturated rings. The van der Waals surface area contributed by atoms with E-state index in [1.807, 2.05) is 37.2 Å². The van der Waals surface area contributed by atoms with E-state index in [9.17, 15) is 0 Å². The van der Waals surface area contributed by atoms with Gasteiger partial charge in [0, 0.05) is 142 Å². The number of hydrogen-bond donors (Lipinski definition) is 0. The zero-order chi connectivity index (χ0) is 72.8. The first kappa shape index (κ1) is 70.8. The number of rotatable bonds is 12. The number of aryl methyl sites for hydroxylation is 3. The van der Waals surface area contributed by atoms with Crippen LogP contribution < -0.4 is 0 Å². The summed E-state index contributed by atoms with van der Waals surface area (Å²) in [7, 11) is 6.26. The predicted molar refractivity (Wildman–Crippen MR) is 426 cm³/mol. The quantitative estimate of drug-likeness (QED) is 0.121. The number of aromatic nitrogens is 9. The van der Waals surface area contributed by atoms with E-state index < -0.39 is 0 Å². The van der Waals surface area contributed by atoms with Crippen molar-refractivity contribution < 1.29 is 0 Å². The summed E-state index contributed by atoms with van der Waals surface area (Å²) in [6, 6.07) is 63.5. The van der Waals surface area contributed by atoms with Gasteiger partial charge in [-0.25, -0.2) is 15.0 Å². The van der Waals surface area contributed by atoms with Gasteiger partial charge in [0.15, 0.2) is 0 Å². The lowest BCUT2D eigenvalue weighted by Crippen LogP contribution is -2.21. The highest BCUT2D eigenvalue weighted by Crippen LogP contribution is 2.55. The Kier molecular flexibility index (Phi) is 18.5. The van der Waals surface area contributed by atoms with Crippen LogP contribution in [0.3, 0.4) is 0 Å². The highest BCUT2D eigenvalue weighted by atomic mass is 15.0. The molecule has 0 amide bonds. The SMILES string of the molecule is Cn1ccnc1-c1ccc(-c2ccccc2C2CC(c3ccccc3-c3ccc(-c4nccn4C)cc3-c3cc(C(C)(C)C)nc(C(C)(C)C)c3)CC(c3ccccc3-c3ccc(-c4nccn4C)cc3-c3cc(C(C)(C)C)nc(C(C)(C)C)c3)C2)c(-c2cc(C(C)(C)C)nc(C(C)(C)C)c2)c1. The van der Waals surface area contributed by atoms with Crippen molar-refractivity contribution >= 4 is 0 Å².